The monoisotopic (exact) mass is 568 g/mol. The van der Waals surface area contributed by atoms with Gasteiger partial charge < -0.3 is 25.3 Å². The molecule has 4 amide bonds. The van der Waals surface area contributed by atoms with Crippen LogP contribution in [0.1, 0.15) is 40.1 Å². The molecule has 42 heavy (non-hydrogen) atoms. The van der Waals surface area contributed by atoms with Gasteiger partial charge in [-0.1, -0.05) is 42.5 Å². The van der Waals surface area contributed by atoms with Crippen molar-refractivity contribution in [1.82, 2.24) is 15.2 Å². The van der Waals surface area contributed by atoms with E-state index in [2.05, 4.69) is 10.3 Å². The number of carboxylic acid groups (broad SMARTS) is 1. The average Bonchev–Trinajstić information content (AvgIpc) is 3.48. The Labute approximate surface area is 240 Å². The van der Waals surface area contributed by atoms with Crippen molar-refractivity contribution >= 4 is 40.4 Å². The largest absolute Gasteiger partial charge is 0.497 e. The molecule has 1 aromatic heterocycles. The van der Waals surface area contributed by atoms with Gasteiger partial charge in [-0.05, 0) is 48.4 Å². The summed E-state index contributed by atoms with van der Waals surface area (Å²) in [5, 5.41) is 22.6. The minimum Gasteiger partial charge on any atom is -0.497 e. The van der Waals surface area contributed by atoms with E-state index in [1.54, 1.807) is 31.4 Å². The van der Waals surface area contributed by atoms with Crippen molar-refractivity contribution in [3.8, 4) is 5.75 Å². The number of nitrogens with one attached hydrogen (secondary N) is 2. The van der Waals surface area contributed by atoms with E-state index >= 15 is 0 Å². The van der Waals surface area contributed by atoms with Crippen LogP contribution in [0.25, 0.3) is 10.9 Å². The molecule has 2 aliphatic heterocycles. The second-order valence-electron chi connectivity index (χ2n) is 10.4. The normalized spacial score (nSPS) is 19.3. The third-order valence-corrected chi connectivity index (χ3v) is 7.91. The third kappa shape index (κ3) is 4.25. The highest BCUT2D eigenvalue weighted by molar-refractivity contribution is 6.24. The molecule has 11 nitrogen and oxygen atoms in total. The highest BCUT2D eigenvalue weighted by Crippen LogP contribution is 2.45. The Morgan fingerprint density at radius 2 is 1.71 bits per heavy atom. The Bertz CT molecular complexity index is 1730. The maximum absolute atomic E-state index is 14.2. The lowest BCUT2D eigenvalue weighted by molar-refractivity contribution is -0.141. The van der Waals surface area contributed by atoms with Gasteiger partial charge in [-0.25, -0.2) is 14.5 Å². The number of aliphatic hydroxyl groups excluding tert-OH is 1. The number of nitrogens with zero attached hydrogens (tertiary/aromatic N) is 2. The zero-order valence-electron chi connectivity index (χ0n) is 22.8. The van der Waals surface area contributed by atoms with Crippen molar-refractivity contribution in [3.63, 3.8) is 0 Å². The summed E-state index contributed by atoms with van der Waals surface area (Å²) in [5.74, 6) is -2.12. The number of carbonyl (C=O) groups excluding carboxylic acids is 3. The van der Waals surface area contributed by atoms with Gasteiger partial charge in [0.15, 0.2) is 6.04 Å². The molecule has 0 bridgehead atoms. The maximum Gasteiger partial charge on any atom is 0.332 e. The highest BCUT2D eigenvalue weighted by atomic mass is 16.5. The van der Waals surface area contributed by atoms with E-state index in [0.29, 0.717) is 5.75 Å². The predicted octanol–water partition coefficient (Wildman–Crippen LogP) is 3.22. The fourth-order valence-electron chi connectivity index (χ4n) is 5.90. The lowest BCUT2D eigenvalue weighted by Gasteiger charge is -2.36. The molecular formula is C31H28N4O7. The standard InChI is InChI=1S/C31H28N4O7/c1-16(36)25(30(39)40)33-28(37)20-8-4-6-10-23(20)35-29(38)24-15-21-19-7-3-5-9-22(19)32-26(21)27(34(24)31(35)41)17-11-13-18(42-2)14-12-17/h3-14,16,24-25,27,32,36H,15H2,1-2H3,(H,33,37)(H,39,40)/t16-,24-,25-,27-/m0/s1. The van der Waals surface area contributed by atoms with Gasteiger partial charge in [0, 0.05) is 23.0 Å². The number of anilines is 1. The van der Waals surface area contributed by atoms with Crippen LogP contribution in [0, 0.1) is 0 Å². The molecular weight excluding hydrogens is 540 g/mol. The Kier molecular flexibility index (Phi) is 6.66. The number of imide groups is 1. The van der Waals surface area contributed by atoms with Crippen molar-refractivity contribution in [1.29, 1.82) is 0 Å². The number of methoxy groups -OCH3 is 1. The van der Waals surface area contributed by atoms with E-state index in [0.717, 1.165) is 32.6 Å². The van der Waals surface area contributed by atoms with Crippen LogP contribution in [0.5, 0.6) is 5.75 Å². The van der Waals surface area contributed by atoms with Crippen molar-refractivity contribution in [2.24, 2.45) is 0 Å². The minimum absolute atomic E-state index is 0.0242. The molecule has 1 saturated heterocycles. The molecule has 4 atom stereocenters. The molecule has 6 rings (SSSR count). The quantitative estimate of drug-likeness (QED) is 0.250. The molecule has 11 heteroatoms. The van der Waals surface area contributed by atoms with Crippen LogP contribution < -0.4 is 15.0 Å². The number of urea groups is 1. The van der Waals surface area contributed by atoms with Crippen molar-refractivity contribution in [2.75, 3.05) is 12.0 Å². The number of ether oxygens (including phenoxy) is 1. The molecule has 3 heterocycles. The SMILES string of the molecule is COc1ccc([C@H]2c3[nH]c4ccccc4c3C[C@H]3C(=O)N(c4ccccc4C(=O)N[C@H](C(=O)O)[C@H](C)O)C(=O)N23)cc1. The summed E-state index contributed by atoms with van der Waals surface area (Å²) < 4.78 is 5.33. The summed E-state index contributed by atoms with van der Waals surface area (Å²) in [5.41, 5.74) is 3.35. The Morgan fingerprint density at radius 1 is 1.02 bits per heavy atom. The van der Waals surface area contributed by atoms with Crippen molar-refractivity contribution < 1.29 is 34.1 Å². The average molecular weight is 569 g/mol. The molecule has 4 aromatic rings. The van der Waals surface area contributed by atoms with E-state index in [-0.39, 0.29) is 17.7 Å². The molecule has 0 unspecified atom stereocenters. The van der Waals surface area contributed by atoms with Gasteiger partial charge in [-0.2, -0.15) is 0 Å². The van der Waals surface area contributed by atoms with Crippen LogP contribution in [-0.2, 0) is 16.0 Å². The van der Waals surface area contributed by atoms with Crippen LogP contribution >= 0.6 is 0 Å². The molecule has 2 aliphatic rings. The number of fused-ring (bicyclic) bond motifs is 4. The summed E-state index contributed by atoms with van der Waals surface area (Å²) in [4.78, 5) is 59.1. The van der Waals surface area contributed by atoms with Gasteiger partial charge in [0.1, 0.15) is 17.8 Å². The molecule has 3 aromatic carbocycles. The van der Waals surface area contributed by atoms with Gasteiger partial charge in [0.05, 0.1) is 24.5 Å². The number of aliphatic carboxylic acids is 1. The minimum atomic E-state index is -1.58. The van der Waals surface area contributed by atoms with Gasteiger partial charge >= 0.3 is 12.0 Å². The molecule has 0 aliphatic carbocycles. The number of benzene rings is 3. The summed E-state index contributed by atoms with van der Waals surface area (Å²) in [6.07, 6.45) is -1.11. The fourth-order valence-corrected chi connectivity index (χ4v) is 5.90. The zero-order chi connectivity index (χ0) is 29.7. The third-order valence-electron chi connectivity index (χ3n) is 7.91. The lowest BCUT2D eigenvalue weighted by atomic mass is 9.89. The van der Waals surface area contributed by atoms with Crippen LogP contribution in [0.2, 0.25) is 0 Å². The summed E-state index contributed by atoms with van der Waals surface area (Å²) in [6.45, 7) is 1.24. The highest BCUT2D eigenvalue weighted by Gasteiger charge is 2.53. The zero-order valence-corrected chi connectivity index (χ0v) is 22.8. The van der Waals surface area contributed by atoms with Gasteiger partial charge in [-0.15, -0.1) is 0 Å². The number of aromatic nitrogens is 1. The number of amides is 4. The summed E-state index contributed by atoms with van der Waals surface area (Å²) in [7, 11) is 1.56. The van der Waals surface area contributed by atoms with E-state index in [4.69, 9.17) is 4.74 Å². The topological polar surface area (TPSA) is 152 Å². The number of aliphatic hydroxyl groups is 1. The fraction of sp³-hybridized carbons (Fsp3) is 0.226. The molecule has 0 spiro atoms. The van der Waals surface area contributed by atoms with E-state index in [1.165, 1.54) is 24.0 Å². The van der Waals surface area contributed by atoms with Gasteiger partial charge in [0.2, 0.25) is 0 Å². The summed E-state index contributed by atoms with van der Waals surface area (Å²) in [6, 6.07) is 17.4. The van der Waals surface area contributed by atoms with E-state index in [1.807, 2.05) is 36.4 Å². The van der Waals surface area contributed by atoms with E-state index < -0.39 is 48.0 Å². The number of hydrogen-bond donors (Lipinski definition) is 4. The number of aromatic amines is 1. The molecule has 4 N–H and O–H groups in total. The molecule has 0 radical (unpaired) electrons. The Morgan fingerprint density at radius 3 is 2.40 bits per heavy atom. The lowest BCUT2D eigenvalue weighted by Crippen LogP contribution is -2.48. The first kappa shape index (κ1) is 27.0. The number of para-hydroxylation sites is 2. The van der Waals surface area contributed by atoms with Crippen molar-refractivity contribution in [2.45, 2.75) is 37.6 Å². The van der Waals surface area contributed by atoms with Crippen LogP contribution in [0.3, 0.4) is 0 Å². The number of H-pyrrole nitrogens is 1. The second kappa shape index (κ2) is 10.3. The number of carboxylic acids is 1. The summed E-state index contributed by atoms with van der Waals surface area (Å²) >= 11 is 0. The maximum atomic E-state index is 14.2. The van der Waals surface area contributed by atoms with Gasteiger partial charge in [0.25, 0.3) is 11.8 Å². The van der Waals surface area contributed by atoms with E-state index in [9.17, 15) is 29.4 Å². The van der Waals surface area contributed by atoms with Crippen LogP contribution in [0.15, 0.2) is 72.8 Å². The molecule has 0 saturated carbocycles. The van der Waals surface area contributed by atoms with Crippen LogP contribution in [0.4, 0.5) is 10.5 Å². The number of hydrogen-bond acceptors (Lipinski definition) is 6. The van der Waals surface area contributed by atoms with Crippen molar-refractivity contribution in [3.05, 3.63) is 95.2 Å². The number of carbonyl (C=O) groups is 4. The predicted molar refractivity (Wildman–Crippen MR) is 152 cm³/mol. The van der Waals surface area contributed by atoms with Gasteiger partial charge in [-0.3, -0.25) is 14.5 Å². The first-order valence-corrected chi connectivity index (χ1v) is 13.4. The molecule has 1 fully saturated rings. The Balaban J connectivity index is 1.44. The first-order chi connectivity index (χ1) is 20.2. The first-order valence-electron chi connectivity index (χ1n) is 13.4. The molecule has 214 valence electrons. The Hall–Kier alpha value is -5.16. The smallest absolute Gasteiger partial charge is 0.332 e. The number of rotatable bonds is 7. The van der Waals surface area contributed by atoms with Crippen LogP contribution in [-0.4, -0.2) is 69.2 Å². The second-order valence-corrected chi connectivity index (χ2v) is 10.4.